The van der Waals surface area contributed by atoms with Crippen LogP contribution in [-0.4, -0.2) is 25.9 Å². The number of benzene rings is 1. The van der Waals surface area contributed by atoms with Crippen LogP contribution in [-0.2, 0) is 21.2 Å². The molecule has 2 aliphatic rings. The van der Waals surface area contributed by atoms with Crippen molar-refractivity contribution in [3.05, 3.63) is 29.8 Å². The van der Waals surface area contributed by atoms with Gasteiger partial charge in [0.05, 0.1) is 0 Å². The van der Waals surface area contributed by atoms with Crippen LogP contribution in [0.1, 0.15) is 24.8 Å². The van der Waals surface area contributed by atoms with E-state index in [1.54, 1.807) is 24.3 Å². The molecule has 132 valence electrons. The van der Waals surface area contributed by atoms with Crippen LogP contribution in [0.5, 0.6) is 0 Å². The second-order valence-electron chi connectivity index (χ2n) is 6.58. The molecule has 1 saturated heterocycles. The molecule has 1 spiro atoms. The highest BCUT2D eigenvalue weighted by Gasteiger charge is 2.54. The summed E-state index contributed by atoms with van der Waals surface area (Å²) >= 11 is 0. The molecule has 3 amide bonds. The van der Waals surface area contributed by atoms with Gasteiger partial charge in [0.1, 0.15) is 11.1 Å². The smallest absolute Gasteiger partial charge is 0.322 e. The van der Waals surface area contributed by atoms with E-state index in [1.807, 2.05) is 0 Å². The standard InChI is InChI=1S/C16H17N3O5S/c17-25(22,23)13-11(10-5-1-2-6-12(10)24-13)8-9-4-3-7-16(9)14(20)18-15(21)19-16/h1-2,5-6,9H,3-4,7-8H2,(H2,17,22,23)(H2,18,19,20,21). The molecule has 1 saturated carbocycles. The Kier molecular flexibility index (Phi) is 3.41. The summed E-state index contributed by atoms with van der Waals surface area (Å²) in [5.41, 5.74) is -0.114. The number of carbonyl (C=O) groups excluding carboxylic acids is 2. The van der Waals surface area contributed by atoms with Crippen molar-refractivity contribution in [2.45, 2.75) is 36.3 Å². The van der Waals surface area contributed by atoms with Gasteiger partial charge in [-0.05, 0) is 31.2 Å². The van der Waals surface area contributed by atoms with Crippen LogP contribution in [0.15, 0.2) is 33.8 Å². The molecule has 1 aromatic carbocycles. The predicted octanol–water partition coefficient (Wildman–Crippen LogP) is 1.00. The number of amides is 3. The third kappa shape index (κ3) is 2.42. The zero-order chi connectivity index (χ0) is 17.8. The second-order valence-corrected chi connectivity index (χ2v) is 8.04. The van der Waals surface area contributed by atoms with Crippen LogP contribution in [0.25, 0.3) is 11.0 Å². The lowest BCUT2D eigenvalue weighted by Gasteiger charge is -2.28. The third-order valence-corrected chi connectivity index (χ3v) is 6.01. The minimum Gasteiger partial charge on any atom is -0.443 e. The second kappa shape index (κ2) is 5.30. The van der Waals surface area contributed by atoms with Crippen molar-refractivity contribution in [3.63, 3.8) is 0 Å². The summed E-state index contributed by atoms with van der Waals surface area (Å²) in [5.74, 6) is -0.592. The average Bonchev–Trinajstić information content (AvgIpc) is 3.18. The van der Waals surface area contributed by atoms with Crippen molar-refractivity contribution >= 4 is 32.9 Å². The number of imide groups is 1. The first-order valence-electron chi connectivity index (χ1n) is 7.98. The predicted molar refractivity (Wildman–Crippen MR) is 88.0 cm³/mol. The molecule has 0 bridgehead atoms. The molecule has 2 unspecified atom stereocenters. The first-order valence-corrected chi connectivity index (χ1v) is 9.53. The molecule has 9 heteroatoms. The van der Waals surface area contributed by atoms with Gasteiger partial charge in [-0.2, -0.15) is 0 Å². The summed E-state index contributed by atoms with van der Waals surface area (Å²) < 4.78 is 29.4. The molecule has 1 aliphatic carbocycles. The Labute approximate surface area is 143 Å². The molecule has 8 nitrogen and oxygen atoms in total. The largest absolute Gasteiger partial charge is 0.443 e. The first kappa shape index (κ1) is 16.1. The van der Waals surface area contributed by atoms with E-state index in [1.165, 1.54) is 0 Å². The molecule has 2 heterocycles. The first-order chi connectivity index (χ1) is 11.8. The summed E-state index contributed by atoms with van der Waals surface area (Å²) in [7, 11) is -4.05. The normalized spacial score (nSPS) is 26.4. The van der Waals surface area contributed by atoms with E-state index >= 15 is 0 Å². The Morgan fingerprint density at radius 1 is 1.28 bits per heavy atom. The van der Waals surface area contributed by atoms with Crippen LogP contribution < -0.4 is 15.8 Å². The average molecular weight is 363 g/mol. The Morgan fingerprint density at radius 2 is 2.04 bits per heavy atom. The highest BCUT2D eigenvalue weighted by atomic mass is 32.2. The maximum Gasteiger partial charge on any atom is 0.322 e. The van der Waals surface area contributed by atoms with Crippen LogP contribution in [0.4, 0.5) is 4.79 Å². The van der Waals surface area contributed by atoms with Gasteiger partial charge in [0.15, 0.2) is 0 Å². The zero-order valence-electron chi connectivity index (χ0n) is 13.2. The summed E-state index contributed by atoms with van der Waals surface area (Å²) in [6.07, 6.45) is 2.25. The Balaban J connectivity index is 1.81. The number of carbonyl (C=O) groups is 2. The van der Waals surface area contributed by atoms with Gasteiger partial charge in [-0.1, -0.05) is 24.6 Å². The summed E-state index contributed by atoms with van der Waals surface area (Å²) in [6.45, 7) is 0. The van der Waals surface area contributed by atoms with E-state index in [9.17, 15) is 18.0 Å². The van der Waals surface area contributed by atoms with E-state index in [0.717, 1.165) is 6.42 Å². The van der Waals surface area contributed by atoms with Crippen molar-refractivity contribution in [2.75, 3.05) is 0 Å². The van der Waals surface area contributed by atoms with E-state index in [4.69, 9.17) is 9.56 Å². The van der Waals surface area contributed by atoms with E-state index in [2.05, 4.69) is 10.6 Å². The van der Waals surface area contributed by atoms with Crippen LogP contribution in [0.2, 0.25) is 0 Å². The van der Waals surface area contributed by atoms with Gasteiger partial charge in [-0.25, -0.2) is 18.4 Å². The summed E-state index contributed by atoms with van der Waals surface area (Å²) in [6, 6.07) is 6.44. The Hall–Kier alpha value is -2.39. The molecule has 0 radical (unpaired) electrons. The molecule has 1 aromatic heterocycles. The number of primary sulfonamides is 1. The van der Waals surface area contributed by atoms with Gasteiger partial charge in [0.2, 0.25) is 5.09 Å². The van der Waals surface area contributed by atoms with Crippen molar-refractivity contribution in [2.24, 2.45) is 11.1 Å². The number of urea groups is 1. The number of sulfonamides is 1. The molecule has 25 heavy (non-hydrogen) atoms. The number of hydrogen-bond acceptors (Lipinski definition) is 5. The van der Waals surface area contributed by atoms with Crippen molar-refractivity contribution < 1.29 is 22.4 Å². The Morgan fingerprint density at radius 3 is 2.72 bits per heavy atom. The lowest BCUT2D eigenvalue weighted by atomic mass is 9.82. The topological polar surface area (TPSA) is 132 Å². The number of para-hydroxylation sites is 1. The monoisotopic (exact) mass is 363 g/mol. The summed E-state index contributed by atoms with van der Waals surface area (Å²) in [5, 5.41) is 10.7. The molecule has 4 N–H and O–H groups in total. The summed E-state index contributed by atoms with van der Waals surface area (Å²) in [4.78, 5) is 24.0. The fourth-order valence-corrected chi connectivity index (χ4v) is 4.81. The number of hydrogen-bond donors (Lipinski definition) is 3. The van der Waals surface area contributed by atoms with E-state index in [-0.39, 0.29) is 23.3 Å². The van der Waals surface area contributed by atoms with E-state index in [0.29, 0.717) is 29.4 Å². The van der Waals surface area contributed by atoms with Gasteiger partial charge in [-0.15, -0.1) is 0 Å². The molecular formula is C16H17N3O5S. The molecule has 2 fully saturated rings. The number of fused-ring (bicyclic) bond motifs is 1. The lowest BCUT2D eigenvalue weighted by molar-refractivity contribution is -0.125. The fraction of sp³-hybridized carbons (Fsp3) is 0.375. The van der Waals surface area contributed by atoms with Crippen LogP contribution in [0.3, 0.4) is 0 Å². The number of rotatable bonds is 3. The molecule has 4 rings (SSSR count). The molecule has 2 atom stereocenters. The SMILES string of the molecule is NS(=O)(=O)c1oc2ccccc2c1CC1CCCC12NC(=O)NC2=O. The maximum atomic E-state index is 12.3. The lowest BCUT2D eigenvalue weighted by Crippen LogP contribution is -2.50. The molecule has 1 aliphatic heterocycles. The number of nitrogens with two attached hydrogens (primary N) is 1. The van der Waals surface area contributed by atoms with Gasteiger partial charge in [-0.3, -0.25) is 10.1 Å². The number of furan rings is 1. The van der Waals surface area contributed by atoms with E-state index < -0.39 is 21.6 Å². The number of nitrogens with one attached hydrogen (secondary N) is 2. The van der Waals surface area contributed by atoms with Gasteiger partial charge >= 0.3 is 6.03 Å². The Bertz CT molecular complexity index is 996. The van der Waals surface area contributed by atoms with Crippen LogP contribution in [0, 0.1) is 5.92 Å². The fourth-order valence-electron chi connectivity index (χ4n) is 4.07. The minimum absolute atomic E-state index is 0.236. The van der Waals surface area contributed by atoms with Gasteiger partial charge in [0.25, 0.3) is 15.9 Å². The van der Waals surface area contributed by atoms with Crippen molar-refractivity contribution in [1.29, 1.82) is 0 Å². The van der Waals surface area contributed by atoms with Gasteiger partial charge < -0.3 is 9.73 Å². The highest BCUT2D eigenvalue weighted by Crippen LogP contribution is 2.42. The maximum absolute atomic E-state index is 12.3. The zero-order valence-corrected chi connectivity index (χ0v) is 14.1. The quantitative estimate of drug-likeness (QED) is 0.700. The highest BCUT2D eigenvalue weighted by molar-refractivity contribution is 7.89. The molecule has 2 aromatic rings. The van der Waals surface area contributed by atoms with Crippen LogP contribution >= 0.6 is 0 Å². The molecular weight excluding hydrogens is 346 g/mol. The minimum atomic E-state index is -4.05. The van der Waals surface area contributed by atoms with Crippen molar-refractivity contribution in [3.8, 4) is 0 Å². The van der Waals surface area contributed by atoms with Gasteiger partial charge in [0, 0.05) is 10.9 Å². The van der Waals surface area contributed by atoms with Crippen molar-refractivity contribution in [1.82, 2.24) is 10.6 Å². The third-order valence-electron chi connectivity index (χ3n) is 5.16.